The standard InChI is InChI=1S/C28H46O3/c1-16(2)17(3)7-8-18(4)21-11-12-22-20-10-9-19-13-24(29)25(30)15-27(19,5)23(20)14-26(31)28(21,22)6/h10,16,18-19,21-26,29-31H,3,7-9,11-15H2,1-2,4-6H3/t18-,19+,21-,22+,23+,24-,25+,26+,27+,28-/m1/s1. The molecule has 0 bridgehead atoms. The molecule has 3 N–H and O–H groups in total. The minimum Gasteiger partial charge on any atom is -0.393 e. The fraction of sp³-hybridized carbons (Fsp3) is 0.857. The first-order valence-electron chi connectivity index (χ1n) is 12.9. The van der Waals surface area contributed by atoms with Gasteiger partial charge in [0.2, 0.25) is 0 Å². The minimum absolute atomic E-state index is 0.0102. The van der Waals surface area contributed by atoms with Gasteiger partial charge < -0.3 is 15.3 Å². The van der Waals surface area contributed by atoms with E-state index in [-0.39, 0.29) is 16.9 Å². The first-order valence-corrected chi connectivity index (χ1v) is 12.9. The quantitative estimate of drug-likeness (QED) is 0.505. The highest BCUT2D eigenvalue weighted by Gasteiger charge is 2.62. The molecule has 0 aliphatic heterocycles. The van der Waals surface area contributed by atoms with E-state index >= 15 is 0 Å². The normalized spacial score (nSPS) is 47.9. The second-order valence-corrected chi connectivity index (χ2v) is 12.5. The summed E-state index contributed by atoms with van der Waals surface area (Å²) in [5.41, 5.74) is 2.87. The van der Waals surface area contributed by atoms with Crippen LogP contribution in [0.1, 0.15) is 86.0 Å². The molecule has 0 spiro atoms. The van der Waals surface area contributed by atoms with Crippen molar-refractivity contribution in [2.75, 3.05) is 0 Å². The predicted molar refractivity (Wildman–Crippen MR) is 126 cm³/mol. The third-order valence-electron chi connectivity index (χ3n) is 10.7. The lowest BCUT2D eigenvalue weighted by Gasteiger charge is -2.59. The third-order valence-corrected chi connectivity index (χ3v) is 10.7. The van der Waals surface area contributed by atoms with Crippen molar-refractivity contribution >= 4 is 0 Å². The molecule has 0 amide bonds. The average Bonchev–Trinajstić information content (AvgIpc) is 3.07. The van der Waals surface area contributed by atoms with E-state index < -0.39 is 12.2 Å². The molecule has 3 nitrogen and oxygen atoms in total. The van der Waals surface area contributed by atoms with Gasteiger partial charge in [0, 0.05) is 5.41 Å². The summed E-state index contributed by atoms with van der Waals surface area (Å²) >= 11 is 0. The molecular formula is C28H46O3. The Hall–Kier alpha value is -0.640. The number of hydrogen-bond donors (Lipinski definition) is 3. The van der Waals surface area contributed by atoms with Crippen molar-refractivity contribution < 1.29 is 15.3 Å². The van der Waals surface area contributed by atoms with Crippen molar-refractivity contribution in [3.63, 3.8) is 0 Å². The van der Waals surface area contributed by atoms with E-state index in [0.717, 1.165) is 19.3 Å². The molecular weight excluding hydrogens is 384 g/mol. The average molecular weight is 431 g/mol. The van der Waals surface area contributed by atoms with Crippen LogP contribution < -0.4 is 0 Å². The van der Waals surface area contributed by atoms with Crippen molar-refractivity contribution in [2.24, 2.45) is 46.3 Å². The van der Waals surface area contributed by atoms with Crippen LogP contribution in [-0.4, -0.2) is 33.6 Å². The molecule has 0 aromatic carbocycles. The molecule has 4 aliphatic rings. The Bertz CT molecular complexity index is 726. The van der Waals surface area contributed by atoms with Gasteiger partial charge in [0.25, 0.3) is 0 Å². The summed E-state index contributed by atoms with van der Waals surface area (Å²) in [6.45, 7) is 15.8. The lowest BCUT2D eigenvalue weighted by Crippen LogP contribution is -2.57. The molecule has 31 heavy (non-hydrogen) atoms. The Kier molecular flexibility index (Phi) is 6.29. The van der Waals surface area contributed by atoms with E-state index in [9.17, 15) is 15.3 Å². The van der Waals surface area contributed by atoms with Crippen molar-refractivity contribution in [2.45, 2.75) is 104 Å². The van der Waals surface area contributed by atoms with E-state index in [1.54, 1.807) is 5.57 Å². The van der Waals surface area contributed by atoms with Crippen molar-refractivity contribution in [3.05, 3.63) is 23.8 Å². The third kappa shape index (κ3) is 3.67. The topological polar surface area (TPSA) is 60.7 Å². The molecule has 0 heterocycles. The molecule has 10 atom stereocenters. The van der Waals surface area contributed by atoms with E-state index in [0.29, 0.717) is 48.3 Å². The summed E-state index contributed by atoms with van der Waals surface area (Å²) in [7, 11) is 0. The predicted octanol–water partition coefficient (Wildman–Crippen LogP) is 5.50. The summed E-state index contributed by atoms with van der Waals surface area (Å²) in [5.74, 6) is 2.91. The van der Waals surface area contributed by atoms with Gasteiger partial charge in [-0.05, 0) is 92.3 Å². The summed E-state index contributed by atoms with van der Waals surface area (Å²) in [6.07, 6.45) is 8.82. The molecule has 0 aromatic heterocycles. The number of aliphatic hydroxyl groups is 3. The Balaban J connectivity index is 1.56. The molecule has 3 saturated carbocycles. The molecule has 3 heteroatoms. The maximum atomic E-state index is 11.6. The van der Waals surface area contributed by atoms with E-state index in [2.05, 4.69) is 47.3 Å². The molecule has 0 saturated heterocycles. The first kappa shape index (κ1) is 23.5. The zero-order valence-electron chi connectivity index (χ0n) is 20.5. The summed E-state index contributed by atoms with van der Waals surface area (Å²) < 4.78 is 0. The fourth-order valence-corrected chi connectivity index (χ4v) is 8.36. The summed E-state index contributed by atoms with van der Waals surface area (Å²) in [4.78, 5) is 0. The van der Waals surface area contributed by atoms with Crippen LogP contribution in [0.4, 0.5) is 0 Å². The van der Waals surface area contributed by atoms with Gasteiger partial charge in [-0.1, -0.05) is 58.4 Å². The molecule has 3 fully saturated rings. The molecule has 4 rings (SSSR count). The Morgan fingerprint density at radius 1 is 1.06 bits per heavy atom. The van der Waals surface area contributed by atoms with Crippen LogP contribution in [0.25, 0.3) is 0 Å². The van der Waals surface area contributed by atoms with Crippen LogP contribution in [0.3, 0.4) is 0 Å². The van der Waals surface area contributed by atoms with E-state index in [4.69, 9.17) is 0 Å². The zero-order chi connectivity index (χ0) is 22.7. The van der Waals surface area contributed by atoms with Gasteiger partial charge in [0.15, 0.2) is 0 Å². The van der Waals surface area contributed by atoms with Crippen LogP contribution >= 0.6 is 0 Å². The van der Waals surface area contributed by atoms with Gasteiger partial charge in [-0.25, -0.2) is 0 Å². The summed E-state index contributed by atoms with van der Waals surface area (Å²) in [5, 5.41) is 32.4. The van der Waals surface area contributed by atoms with Gasteiger partial charge in [-0.2, -0.15) is 0 Å². The highest BCUT2D eigenvalue weighted by Crippen LogP contribution is 2.67. The van der Waals surface area contributed by atoms with E-state index in [1.807, 2.05) is 0 Å². The lowest BCUT2D eigenvalue weighted by molar-refractivity contribution is -0.130. The van der Waals surface area contributed by atoms with Gasteiger partial charge >= 0.3 is 0 Å². The Morgan fingerprint density at radius 3 is 2.45 bits per heavy atom. The number of rotatable bonds is 5. The number of hydrogen-bond acceptors (Lipinski definition) is 3. The van der Waals surface area contributed by atoms with Gasteiger partial charge in [-0.15, -0.1) is 0 Å². The smallest absolute Gasteiger partial charge is 0.0804 e. The minimum atomic E-state index is -0.628. The van der Waals surface area contributed by atoms with Crippen molar-refractivity contribution in [3.8, 4) is 0 Å². The molecule has 0 unspecified atom stereocenters. The largest absolute Gasteiger partial charge is 0.393 e. The maximum absolute atomic E-state index is 11.6. The Morgan fingerprint density at radius 2 is 1.77 bits per heavy atom. The van der Waals surface area contributed by atoms with E-state index in [1.165, 1.54) is 24.8 Å². The summed E-state index contributed by atoms with van der Waals surface area (Å²) in [6, 6.07) is 0. The number of aliphatic hydroxyl groups excluding tert-OH is 3. The van der Waals surface area contributed by atoms with Crippen LogP contribution in [0.5, 0.6) is 0 Å². The van der Waals surface area contributed by atoms with Crippen LogP contribution in [0.15, 0.2) is 23.8 Å². The molecule has 176 valence electrons. The van der Waals surface area contributed by atoms with Gasteiger partial charge in [0.05, 0.1) is 18.3 Å². The first-order chi connectivity index (χ1) is 14.5. The van der Waals surface area contributed by atoms with Gasteiger partial charge in [-0.3, -0.25) is 0 Å². The van der Waals surface area contributed by atoms with Crippen molar-refractivity contribution in [1.82, 2.24) is 0 Å². The molecule has 0 radical (unpaired) electrons. The monoisotopic (exact) mass is 430 g/mol. The van der Waals surface area contributed by atoms with Crippen LogP contribution in [0, 0.1) is 46.3 Å². The van der Waals surface area contributed by atoms with Gasteiger partial charge in [0.1, 0.15) is 0 Å². The number of fused-ring (bicyclic) bond motifs is 5. The molecule has 4 aliphatic carbocycles. The number of allylic oxidation sites excluding steroid dienone is 3. The van der Waals surface area contributed by atoms with Crippen LogP contribution in [0.2, 0.25) is 0 Å². The SMILES string of the molecule is C=C(CC[C@@H](C)[C@H]1CC[C@H]2C3=CC[C@H]4C[C@@H](O)[C@@H](O)C[C@]4(C)[C@H]3C[C@H](O)[C@]12C)C(C)C. The highest BCUT2D eigenvalue weighted by molar-refractivity contribution is 5.29. The molecule has 0 aromatic rings. The zero-order valence-corrected chi connectivity index (χ0v) is 20.5. The lowest BCUT2D eigenvalue weighted by atomic mass is 9.46. The Labute approximate surface area is 190 Å². The second-order valence-electron chi connectivity index (χ2n) is 12.5. The van der Waals surface area contributed by atoms with Crippen LogP contribution in [-0.2, 0) is 0 Å². The second kappa shape index (κ2) is 8.29. The highest BCUT2D eigenvalue weighted by atomic mass is 16.3. The fourth-order valence-electron chi connectivity index (χ4n) is 8.36. The maximum Gasteiger partial charge on any atom is 0.0804 e. The van der Waals surface area contributed by atoms with Crippen molar-refractivity contribution in [1.29, 1.82) is 0 Å².